The van der Waals surface area contributed by atoms with Gasteiger partial charge in [-0.25, -0.2) is 4.98 Å². The van der Waals surface area contributed by atoms with Gasteiger partial charge in [0.1, 0.15) is 5.82 Å². The van der Waals surface area contributed by atoms with Crippen molar-refractivity contribution in [1.82, 2.24) is 25.1 Å². The lowest BCUT2D eigenvalue weighted by Crippen LogP contribution is -2.45. The minimum atomic E-state index is 0. The smallest absolute Gasteiger partial charge is 0.225 e. The molecule has 2 heterocycles. The number of hydrogen-bond acceptors (Lipinski definition) is 3. The SMILES string of the molecule is CN=C(NCc1cccc(Cn2ccnc2C)c1)NC1CCN(C(=O)C2CCCC2)C1.I. The molecule has 1 saturated heterocycles. The average molecular weight is 550 g/mol. The predicted octanol–water partition coefficient (Wildman–Crippen LogP) is 3.31. The molecule has 1 aromatic heterocycles. The molecule has 0 bridgehead atoms. The lowest BCUT2D eigenvalue weighted by molar-refractivity contribution is -0.134. The summed E-state index contributed by atoms with van der Waals surface area (Å²) in [6.45, 7) is 5.16. The molecule has 1 aliphatic carbocycles. The van der Waals surface area contributed by atoms with Crippen LogP contribution in [0.15, 0.2) is 41.7 Å². The number of nitrogens with zero attached hydrogens (tertiary/aromatic N) is 4. The largest absolute Gasteiger partial charge is 0.352 e. The number of amides is 1. The molecule has 8 heteroatoms. The third-order valence-electron chi connectivity index (χ3n) is 6.50. The highest BCUT2D eigenvalue weighted by molar-refractivity contribution is 14.0. The van der Waals surface area contributed by atoms with Crippen LogP contribution in [0.1, 0.15) is 49.1 Å². The van der Waals surface area contributed by atoms with Crippen molar-refractivity contribution < 1.29 is 4.79 Å². The zero-order chi connectivity index (χ0) is 21.6. The summed E-state index contributed by atoms with van der Waals surface area (Å²) in [6.07, 6.45) is 9.35. The van der Waals surface area contributed by atoms with Crippen LogP contribution in [0.2, 0.25) is 0 Å². The molecule has 4 rings (SSSR count). The highest BCUT2D eigenvalue weighted by atomic mass is 127. The fourth-order valence-electron chi connectivity index (χ4n) is 4.69. The maximum atomic E-state index is 12.7. The first-order valence-electron chi connectivity index (χ1n) is 11.4. The van der Waals surface area contributed by atoms with Crippen LogP contribution in [0, 0.1) is 12.8 Å². The van der Waals surface area contributed by atoms with E-state index in [-0.39, 0.29) is 35.9 Å². The molecule has 0 spiro atoms. The van der Waals surface area contributed by atoms with Crippen molar-refractivity contribution in [1.29, 1.82) is 0 Å². The molecule has 32 heavy (non-hydrogen) atoms. The van der Waals surface area contributed by atoms with Gasteiger partial charge in [0.05, 0.1) is 0 Å². The van der Waals surface area contributed by atoms with Crippen LogP contribution >= 0.6 is 24.0 Å². The number of guanidine groups is 1. The Morgan fingerprint density at radius 2 is 2.00 bits per heavy atom. The maximum Gasteiger partial charge on any atom is 0.225 e. The van der Waals surface area contributed by atoms with Crippen molar-refractivity contribution >= 4 is 35.8 Å². The molecular weight excluding hydrogens is 515 g/mol. The monoisotopic (exact) mass is 550 g/mol. The van der Waals surface area contributed by atoms with Crippen molar-refractivity contribution in [2.75, 3.05) is 20.1 Å². The van der Waals surface area contributed by atoms with Crippen molar-refractivity contribution in [3.8, 4) is 0 Å². The van der Waals surface area contributed by atoms with Gasteiger partial charge in [-0.1, -0.05) is 37.1 Å². The Bertz CT molecular complexity index is 921. The normalized spacial score (nSPS) is 19.1. The van der Waals surface area contributed by atoms with Crippen LogP contribution < -0.4 is 10.6 Å². The zero-order valence-electron chi connectivity index (χ0n) is 19.1. The van der Waals surface area contributed by atoms with Gasteiger partial charge in [0.15, 0.2) is 5.96 Å². The fourth-order valence-corrected chi connectivity index (χ4v) is 4.69. The van der Waals surface area contributed by atoms with Crippen LogP contribution in [0.25, 0.3) is 0 Å². The Hall–Kier alpha value is -2.10. The first-order chi connectivity index (χ1) is 15.1. The second kappa shape index (κ2) is 11.7. The molecule has 0 radical (unpaired) electrons. The Morgan fingerprint density at radius 1 is 1.22 bits per heavy atom. The molecule has 2 N–H and O–H groups in total. The first-order valence-corrected chi connectivity index (χ1v) is 11.4. The highest BCUT2D eigenvalue weighted by Gasteiger charge is 2.32. The Morgan fingerprint density at radius 3 is 2.72 bits per heavy atom. The molecule has 1 unspecified atom stereocenters. The zero-order valence-corrected chi connectivity index (χ0v) is 21.4. The summed E-state index contributed by atoms with van der Waals surface area (Å²) in [4.78, 5) is 23.4. The first kappa shape index (κ1) is 24.5. The van der Waals surface area contributed by atoms with E-state index in [0.29, 0.717) is 12.5 Å². The second-order valence-electron chi connectivity index (χ2n) is 8.74. The number of nitrogens with one attached hydrogen (secondary N) is 2. The van der Waals surface area contributed by atoms with Gasteiger partial charge in [0.2, 0.25) is 5.91 Å². The van der Waals surface area contributed by atoms with Crippen LogP contribution in [0.4, 0.5) is 0 Å². The summed E-state index contributed by atoms with van der Waals surface area (Å²) >= 11 is 0. The average Bonchev–Trinajstić information content (AvgIpc) is 3.54. The topological polar surface area (TPSA) is 74.6 Å². The Balaban J connectivity index is 0.00000289. The number of imidazole rings is 1. The minimum Gasteiger partial charge on any atom is -0.352 e. The van der Waals surface area contributed by atoms with Gasteiger partial charge < -0.3 is 20.1 Å². The molecule has 1 atom stereocenters. The molecule has 2 aliphatic rings. The molecule has 1 amide bonds. The third-order valence-corrected chi connectivity index (χ3v) is 6.50. The molecule has 1 aliphatic heterocycles. The van der Waals surface area contributed by atoms with E-state index in [9.17, 15) is 4.79 Å². The van der Waals surface area contributed by atoms with E-state index >= 15 is 0 Å². The lowest BCUT2D eigenvalue weighted by Gasteiger charge is -2.21. The van der Waals surface area contributed by atoms with Crippen LogP contribution in [0.3, 0.4) is 0 Å². The van der Waals surface area contributed by atoms with E-state index in [2.05, 4.69) is 49.4 Å². The van der Waals surface area contributed by atoms with Gasteiger partial charge in [-0.3, -0.25) is 9.79 Å². The number of aryl methyl sites for hydroxylation is 1. The van der Waals surface area contributed by atoms with Crippen molar-refractivity contribution in [2.24, 2.45) is 10.9 Å². The number of carbonyl (C=O) groups is 1. The van der Waals surface area contributed by atoms with Crippen molar-refractivity contribution in [3.05, 3.63) is 53.6 Å². The predicted molar refractivity (Wildman–Crippen MR) is 138 cm³/mol. The van der Waals surface area contributed by atoms with Gasteiger partial charge in [-0.2, -0.15) is 0 Å². The van der Waals surface area contributed by atoms with E-state index in [1.54, 1.807) is 7.05 Å². The number of rotatable bonds is 6. The van der Waals surface area contributed by atoms with Gasteiger partial charge in [-0.05, 0) is 37.3 Å². The Kier molecular flexibility index (Phi) is 8.95. The number of halogens is 1. The molecule has 2 aromatic rings. The number of benzene rings is 1. The molecule has 174 valence electrons. The quantitative estimate of drug-likeness (QED) is 0.329. The number of aromatic nitrogens is 2. The van der Waals surface area contributed by atoms with Gasteiger partial charge in [-0.15, -0.1) is 24.0 Å². The summed E-state index contributed by atoms with van der Waals surface area (Å²) < 4.78 is 2.14. The summed E-state index contributed by atoms with van der Waals surface area (Å²) in [7, 11) is 1.80. The van der Waals surface area contributed by atoms with Gasteiger partial charge in [0, 0.05) is 57.6 Å². The summed E-state index contributed by atoms with van der Waals surface area (Å²) in [5.41, 5.74) is 2.46. The molecule has 2 fully saturated rings. The lowest BCUT2D eigenvalue weighted by atomic mass is 10.1. The summed E-state index contributed by atoms with van der Waals surface area (Å²) in [6, 6.07) is 8.84. The third kappa shape index (κ3) is 6.24. The molecule has 1 saturated carbocycles. The van der Waals surface area contributed by atoms with Gasteiger partial charge in [0.25, 0.3) is 0 Å². The Labute approximate surface area is 208 Å². The number of hydrogen-bond donors (Lipinski definition) is 2. The number of carbonyl (C=O) groups excluding carboxylic acids is 1. The van der Waals surface area contributed by atoms with E-state index in [1.165, 1.54) is 24.0 Å². The maximum absolute atomic E-state index is 12.7. The fraction of sp³-hybridized carbons (Fsp3) is 0.542. The van der Waals surface area contributed by atoms with E-state index in [1.807, 2.05) is 24.2 Å². The summed E-state index contributed by atoms with van der Waals surface area (Å²) in [5, 5.41) is 6.93. The van der Waals surface area contributed by atoms with Crippen molar-refractivity contribution in [2.45, 2.75) is 58.2 Å². The second-order valence-corrected chi connectivity index (χ2v) is 8.74. The molecule has 1 aromatic carbocycles. The van der Waals surface area contributed by atoms with E-state index < -0.39 is 0 Å². The summed E-state index contributed by atoms with van der Waals surface area (Å²) in [5.74, 6) is 2.42. The van der Waals surface area contributed by atoms with Gasteiger partial charge >= 0.3 is 0 Å². The van der Waals surface area contributed by atoms with Crippen molar-refractivity contribution in [3.63, 3.8) is 0 Å². The highest BCUT2D eigenvalue weighted by Crippen LogP contribution is 2.27. The standard InChI is InChI=1S/C24H34N6O.HI/c1-18-26-11-13-29(18)16-20-7-5-6-19(14-20)15-27-24(25-2)28-22-10-12-30(17-22)23(31)21-8-3-4-9-21;/h5-7,11,13-14,21-22H,3-4,8-10,12,15-17H2,1-2H3,(H2,25,27,28);1H. The van der Waals surface area contributed by atoms with E-state index in [0.717, 1.165) is 50.7 Å². The molecule has 7 nitrogen and oxygen atoms in total. The number of aliphatic imine (C=N–C) groups is 1. The molecular formula is C24H35IN6O. The van der Waals surface area contributed by atoms with Crippen LogP contribution in [-0.2, 0) is 17.9 Å². The van der Waals surface area contributed by atoms with Crippen LogP contribution in [0.5, 0.6) is 0 Å². The van der Waals surface area contributed by atoms with E-state index in [4.69, 9.17) is 0 Å². The number of likely N-dealkylation sites (tertiary alicyclic amines) is 1. The minimum absolute atomic E-state index is 0. The van der Waals surface area contributed by atoms with Crippen LogP contribution in [-0.4, -0.2) is 52.5 Å².